The van der Waals surface area contributed by atoms with E-state index in [1.807, 2.05) is 18.7 Å². The second-order valence-corrected chi connectivity index (χ2v) is 5.39. The first-order chi connectivity index (χ1) is 9.47. The van der Waals surface area contributed by atoms with Gasteiger partial charge in [-0.3, -0.25) is 15.0 Å². The Morgan fingerprint density at radius 2 is 1.95 bits per heavy atom. The molecule has 1 saturated heterocycles. The van der Waals surface area contributed by atoms with E-state index in [0.717, 1.165) is 30.3 Å². The highest BCUT2D eigenvalue weighted by Crippen LogP contribution is 2.35. The van der Waals surface area contributed by atoms with E-state index in [-0.39, 0.29) is 11.9 Å². The number of carbonyl (C=O) groups excluding carboxylic acids is 2. The van der Waals surface area contributed by atoms with Gasteiger partial charge in [-0.05, 0) is 20.3 Å². The van der Waals surface area contributed by atoms with Gasteiger partial charge in [-0.15, -0.1) is 0 Å². The Labute approximate surface area is 117 Å². The van der Waals surface area contributed by atoms with Crippen molar-refractivity contribution >= 4 is 17.9 Å². The molecule has 3 aliphatic heterocycles. The summed E-state index contributed by atoms with van der Waals surface area (Å²) in [5.41, 5.74) is 2.15. The van der Waals surface area contributed by atoms with Crippen molar-refractivity contribution in [1.82, 2.24) is 20.0 Å². The van der Waals surface area contributed by atoms with Gasteiger partial charge in [-0.1, -0.05) is 6.92 Å². The standard InChI is InChI=1S/C13H19N5O2/c1-5-6-17-7(2)8(3)18-9-10(14-12(17)18)16(4)13(20)15-11(9)19/h9-10H,5-6H2,1-4H3,(H,15,19,20). The van der Waals surface area contributed by atoms with Crippen molar-refractivity contribution in [2.75, 3.05) is 13.6 Å². The number of imide groups is 1. The lowest BCUT2D eigenvalue weighted by molar-refractivity contribution is -0.126. The second kappa shape index (κ2) is 4.22. The summed E-state index contributed by atoms with van der Waals surface area (Å²) in [4.78, 5) is 34.1. The van der Waals surface area contributed by atoms with Crippen LogP contribution in [0.1, 0.15) is 27.2 Å². The van der Waals surface area contributed by atoms with E-state index in [9.17, 15) is 9.59 Å². The molecule has 3 rings (SSSR count). The minimum absolute atomic E-state index is 0.276. The number of hydrogen-bond donors (Lipinski definition) is 1. The largest absolute Gasteiger partial charge is 0.325 e. The molecule has 108 valence electrons. The number of nitrogens with zero attached hydrogens (tertiary/aromatic N) is 4. The summed E-state index contributed by atoms with van der Waals surface area (Å²) in [6.07, 6.45) is 0.557. The molecule has 1 N–H and O–H groups in total. The number of aliphatic imine (C=N–C) groups is 1. The van der Waals surface area contributed by atoms with Gasteiger partial charge in [0.15, 0.2) is 12.2 Å². The van der Waals surface area contributed by atoms with Crippen LogP contribution < -0.4 is 5.32 Å². The van der Waals surface area contributed by atoms with Crippen LogP contribution >= 0.6 is 0 Å². The van der Waals surface area contributed by atoms with E-state index < -0.39 is 12.2 Å². The minimum atomic E-state index is -0.454. The van der Waals surface area contributed by atoms with Gasteiger partial charge >= 0.3 is 6.03 Å². The summed E-state index contributed by atoms with van der Waals surface area (Å²) in [5.74, 6) is 0.510. The van der Waals surface area contributed by atoms with Crippen molar-refractivity contribution in [3.8, 4) is 0 Å². The van der Waals surface area contributed by atoms with E-state index in [2.05, 4.69) is 22.1 Å². The molecular weight excluding hydrogens is 258 g/mol. The summed E-state index contributed by atoms with van der Waals surface area (Å²) in [6.45, 7) is 7.00. The van der Waals surface area contributed by atoms with Crippen LogP contribution in [-0.2, 0) is 4.79 Å². The van der Waals surface area contributed by atoms with E-state index >= 15 is 0 Å². The van der Waals surface area contributed by atoms with E-state index in [1.165, 1.54) is 4.90 Å². The van der Waals surface area contributed by atoms with Gasteiger partial charge in [0, 0.05) is 25.0 Å². The molecule has 0 aromatic heterocycles. The van der Waals surface area contributed by atoms with Crippen molar-refractivity contribution in [3.63, 3.8) is 0 Å². The Hall–Kier alpha value is -2.05. The zero-order valence-electron chi connectivity index (χ0n) is 12.2. The maximum Gasteiger partial charge on any atom is 0.325 e. The number of likely N-dealkylation sites (N-methyl/N-ethyl adjacent to an activating group) is 1. The van der Waals surface area contributed by atoms with Crippen molar-refractivity contribution in [3.05, 3.63) is 11.4 Å². The lowest BCUT2D eigenvalue weighted by Crippen LogP contribution is -2.63. The topological polar surface area (TPSA) is 68.2 Å². The average molecular weight is 277 g/mol. The summed E-state index contributed by atoms with van der Waals surface area (Å²) < 4.78 is 0. The van der Waals surface area contributed by atoms with Gasteiger partial charge in [0.1, 0.15) is 0 Å². The molecule has 0 bridgehead atoms. The van der Waals surface area contributed by atoms with Crippen LogP contribution in [0.5, 0.6) is 0 Å². The molecule has 0 aromatic rings. The number of urea groups is 1. The van der Waals surface area contributed by atoms with Crippen molar-refractivity contribution in [2.24, 2.45) is 4.99 Å². The molecule has 3 amide bonds. The van der Waals surface area contributed by atoms with Gasteiger partial charge in [0.2, 0.25) is 5.96 Å². The number of allylic oxidation sites excluding steroid dienone is 2. The summed E-state index contributed by atoms with van der Waals surface area (Å²) >= 11 is 0. The maximum atomic E-state index is 12.2. The average Bonchev–Trinajstić information content (AvgIpc) is 2.89. The third kappa shape index (κ3) is 1.49. The van der Waals surface area contributed by atoms with Crippen LogP contribution in [0.2, 0.25) is 0 Å². The van der Waals surface area contributed by atoms with Gasteiger partial charge in [-0.2, -0.15) is 0 Å². The fourth-order valence-corrected chi connectivity index (χ4v) is 3.02. The SMILES string of the molecule is CCCN1C2=NC3C(C(=O)NC(=O)N3C)N2C(C)=C1C. The summed E-state index contributed by atoms with van der Waals surface area (Å²) in [5, 5.41) is 2.39. The normalized spacial score (nSPS) is 28.8. The van der Waals surface area contributed by atoms with Crippen molar-refractivity contribution in [2.45, 2.75) is 39.4 Å². The second-order valence-electron chi connectivity index (χ2n) is 5.39. The number of nitrogens with one attached hydrogen (secondary N) is 1. The number of fused-ring (bicyclic) bond motifs is 3. The molecule has 2 atom stereocenters. The molecule has 3 heterocycles. The number of rotatable bonds is 2. The van der Waals surface area contributed by atoms with Crippen LogP contribution in [0.3, 0.4) is 0 Å². The Balaban J connectivity index is 2.02. The van der Waals surface area contributed by atoms with Gasteiger partial charge < -0.3 is 9.80 Å². The van der Waals surface area contributed by atoms with Gasteiger partial charge in [0.25, 0.3) is 5.91 Å². The Morgan fingerprint density at radius 1 is 1.25 bits per heavy atom. The number of guanidine groups is 1. The van der Waals surface area contributed by atoms with Crippen molar-refractivity contribution in [1.29, 1.82) is 0 Å². The molecular formula is C13H19N5O2. The monoisotopic (exact) mass is 277 g/mol. The summed E-state index contributed by atoms with van der Waals surface area (Å²) in [6, 6.07) is -0.841. The predicted octanol–water partition coefficient (Wildman–Crippen LogP) is 0.511. The lowest BCUT2D eigenvalue weighted by Gasteiger charge is -2.35. The lowest BCUT2D eigenvalue weighted by atomic mass is 10.1. The molecule has 0 aromatic carbocycles. The highest BCUT2D eigenvalue weighted by molar-refractivity contribution is 6.05. The van der Waals surface area contributed by atoms with Crippen LogP contribution in [0.4, 0.5) is 4.79 Å². The molecule has 3 aliphatic rings. The fraction of sp³-hybridized carbons (Fsp3) is 0.615. The Kier molecular flexibility index (Phi) is 2.74. The molecule has 0 spiro atoms. The fourth-order valence-electron chi connectivity index (χ4n) is 3.02. The molecule has 20 heavy (non-hydrogen) atoms. The van der Waals surface area contributed by atoms with Crippen LogP contribution in [0.15, 0.2) is 16.4 Å². The number of amides is 3. The molecule has 1 fully saturated rings. The summed E-state index contributed by atoms with van der Waals surface area (Å²) in [7, 11) is 1.67. The quantitative estimate of drug-likeness (QED) is 0.798. The molecule has 0 radical (unpaired) electrons. The van der Waals surface area contributed by atoms with E-state index in [4.69, 9.17) is 0 Å². The highest BCUT2D eigenvalue weighted by atomic mass is 16.2. The molecule has 2 unspecified atom stereocenters. The number of hydrogen-bond acceptors (Lipinski definition) is 5. The highest BCUT2D eigenvalue weighted by Gasteiger charge is 2.52. The molecule has 0 aliphatic carbocycles. The third-order valence-electron chi connectivity index (χ3n) is 4.22. The maximum absolute atomic E-state index is 12.2. The van der Waals surface area contributed by atoms with Crippen LogP contribution in [0.25, 0.3) is 0 Å². The Bertz CT molecular complexity index is 553. The predicted molar refractivity (Wildman–Crippen MR) is 73.5 cm³/mol. The van der Waals surface area contributed by atoms with Crippen molar-refractivity contribution < 1.29 is 9.59 Å². The third-order valence-corrected chi connectivity index (χ3v) is 4.22. The van der Waals surface area contributed by atoms with E-state index in [1.54, 1.807) is 7.05 Å². The van der Waals surface area contributed by atoms with Crippen LogP contribution in [-0.4, -0.2) is 58.4 Å². The molecule has 7 nitrogen and oxygen atoms in total. The van der Waals surface area contributed by atoms with E-state index in [0.29, 0.717) is 0 Å². The zero-order valence-corrected chi connectivity index (χ0v) is 12.2. The smallest absolute Gasteiger partial charge is 0.315 e. The zero-order chi connectivity index (χ0) is 14.6. The number of carbonyl (C=O) groups is 2. The van der Waals surface area contributed by atoms with Gasteiger partial charge in [-0.25, -0.2) is 9.79 Å². The first-order valence-corrected chi connectivity index (χ1v) is 6.87. The first kappa shape index (κ1) is 13.0. The molecule has 7 heteroatoms. The minimum Gasteiger partial charge on any atom is -0.315 e. The Morgan fingerprint density at radius 3 is 2.60 bits per heavy atom. The van der Waals surface area contributed by atoms with Gasteiger partial charge in [0.05, 0.1) is 0 Å². The first-order valence-electron chi connectivity index (χ1n) is 6.87. The molecule has 0 saturated carbocycles. The van der Waals surface area contributed by atoms with Crippen LogP contribution in [0, 0.1) is 0 Å².